The molecule has 5 nitrogen and oxygen atoms in total. The van der Waals surface area contributed by atoms with E-state index in [0.717, 1.165) is 44.6 Å². The Bertz CT molecular complexity index is 560. The number of benzene rings is 1. The molecule has 0 unspecified atom stereocenters. The monoisotopic (exact) mass is 354 g/mol. The van der Waals surface area contributed by atoms with Crippen LogP contribution in [0.1, 0.15) is 19.8 Å². The Kier molecular flexibility index (Phi) is 7.91. The highest BCUT2D eigenvalue weighted by Crippen LogP contribution is 2.21. The lowest BCUT2D eigenvalue weighted by Crippen LogP contribution is -2.52. The number of rotatable bonds is 7. The number of aliphatic imine (C=N–C) groups is 1. The van der Waals surface area contributed by atoms with Crippen LogP contribution in [0.25, 0.3) is 0 Å². The van der Waals surface area contributed by atoms with E-state index in [1.807, 2.05) is 11.8 Å². The number of nitrogens with one attached hydrogen (secondary N) is 1. The highest BCUT2D eigenvalue weighted by molar-refractivity contribution is 5.80. The molecule has 0 aromatic heterocycles. The molecule has 140 valence electrons. The standard InChI is InChI=1S/C18H28F2N4O/c1-3-25-13-5-4-8-22-18(21-2)24-11-9-23(10-12-24)17-14-15(19)6-7-16(17)20/h6-7,14H,3-5,8-13H2,1-2H3,(H,21,22). The molecule has 25 heavy (non-hydrogen) atoms. The van der Waals surface area contributed by atoms with Gasteiger partial charge in [0.1, 0.15) is 11.6 Å². The van der Waals surface area contributed by atoms with Gasteiger partial charge >= 0.3 is 0 Å². The molecule has 0 saturated carbocycles. The van der Waals surface area contributed by atoms with Gasteiger partial charge in [0, 0.05) is 59.1 Å². The van der Waals surface area contributed by atoms with Crippen molar-refractivity contribution in [3.8, 4) is 0 Å². The second-order valence-corrected chi connectivity index (χ2v) is 5.95. The number of unbranched alkanes of at least 4 members (excludes halogenated alkanes) is 1. The van der Waals surface area contributed by atoms with Crippen molar-refractivity contribution in [3.63, 3.8) is 0 Å². The first-order valence-electron chi connectivity index (χ1n) is 8.89. The zero-order chi connectivity index (χ0) is 18.1. The van der Waals surface area contributed by atoms with Crippen molar-refractivity contribution in [2.24, 2.45) is 4.99 Å². The molecule has 0 bridgehead atoms. The molecule has 0 amide bonds. The van der Waals surface area contributed by atoms with Gasteiger partial charge in [-0.3, -0.25) is 4.99 Å². The van der Waals surface area contributed by atoms with E-state index in [4.69, 9.17) is 4.74 Å². The lowest BCUT2D eigenvalue weighted by molar-refractivity contribution is 0.143. The van der Waals surface area contributed by atoms with Crippen molar-refractivity contribution in [1.29, 1.82) is 0 Å². The summed E-state index contributed by atoms with van der Waals surface area (Å²) in [4.78, 5) is 8.35. The summed E-state index contributed by atoms with van der Waals surface area (Å²) in [5.41, 5.74) is 0.332. The molecular weight excluding hydrogens is 326 g/mol. The van der Waals surface area contributed by atoms with E-state index in [0.29, 0.717) is 31.9 Å². The molecule has 1 aliphatic rings. The quantitative estimate of drug-likeness (QED) is 0.464. The molecule has 0 atom stereocenters. The van der Waals surface area contributed by atoms with Crippen molar-refractivity contribution in [1.82, 2.24) is 10.2 Å². The zero-order valence-corrected chi connectivity index (χ0v) is 15.1. The van der Waals surface area contributed by atoms with E-state index in [1.165, 1.54) is 12.1 Å². The van der Waals surface area contributed by atoms with Crippen molar-refractivity contribution in [2.75, 3.05) is 57.9 Å². The lowest BCUT2D eigenvalue weighted by Gasteiger charge is -2.37. The molecule has 0 radical (unpaired) electrons. The van der Waals surface area contributed by atoms with E-state index in [9.17, 15) is 8.78 Å². The van der Waals surface area contributed by atoms with Gasteiger partial charge in [-0.2, -0.15) is 0 Å². The number of anilines is 1. The van der Waals surface area contributed by atoms with Gasteiger partial charge in [-0.05, 0) is 31.9 Å². The molecule has 2 rings (SSSR count). The van der Waals surface area contributed by atoms with Crippen LogP contribution in [0.5, 0.6) is 0 Å². The minimum absolute atomic E-state index is 0.332. The van der Waals surface area contributed by atoms with Gasteiger partial charge in [-0.1, -0.05) is 0 Å². The Balaban J connectivity index is 1.78. The molecule has 7 heteroatoms. The van der Waals surface area contributed by atoms with Gasteiger partial charge in [-0.15, -0.1) is 0 Å². The minimum Gasteiger partial charge on any atom is -0.382 e. The zero-order valence-electron chi connectivity index (χ0n) is 15.1. The van der Waals surface area contributed by atoms with E-state index in [-0.39, 0.29) is 5.82 Å². The van der Waals surface area contributed by atoms with Gasteiger partial charge in [0.15, 0.2) is 5.96 Å². The molecular formula is C18H28F2N4O. The largest absolute Gasteiger partial charge is 0.382 e. The average Bonchev–Trinajstić information content (AvgIpc) is 2.63. The molecule has 0 aliphatic carbocycles. The summed E-state index contributed by atoms with van der Waals surface area (Å²) < 4.78 is 32.6. The molecule has 1 aromatic carbocycles. The molecule has 1 heterocycles. The summed E-state index contributed by atoms with van der Waals surface area (Å²) in [6, 6.07) is 3.59. The fourth-order valence-corrected chi connectivity index (χ4v) is 2.89. The maximum Gasteiger partial charge on any atom is 0.193 e. The number of halogens is 2. The van der Waals surface area contributed by atoms with Crippen LogP contribution in [0.15, 0.2) is 23.2 Å². The molecule has 1 aromatic rings. The van der Waals surface area contributed by atoms with Gasteiger partial charge in [0.25, 0.3) is 0 Å². The topological polar surface area (TPSA) is 40.1 Å². The Morgan fingerprint density at radius 3 is 2.64 bits per heavy atom. The van der Waals surface area contributed by atoms with Gasteiger partial charge in [0.2, 0.25) is 0 Å². The summed E-state index contributed by atoms with van der Waals surface area (Å²) in [5, 5.41) is 3.36. The van der Waals surface area contributed by atoms with E-state index in [2.05, 4.69) is 15.2 Å². The first-order valence-corrected chi connectivity index (χ1v) is 8.89. The van der Waals surface area contributed by atoms with E-state index >= 15 is 0 Å². The van der Waals surface area contributed by atoms with Crippen LogP contribution in [0.2, 0.25) is 0 Å². The molecule has 1 aliphatic heterocycles. The second-order valence-electron chi connectivity index (χ2n) is 5.95. The van der Waals surface area contributed by atoms with Crippen LogP contribution in [0.3, 0.4) is 0 Å². The van der Waals surface area contributed by atoms with Crippen LogP contribution in [0, 0.1) is 11.6 Å². The number of nitrogens with zero attached hydrogens (tertiary/aromatic N) is 3. The third-order valence-corrected chi connectivity index (χ3v) is 4.24. The predicted octanol–water partition coefficient (Wildman–Crippen LogP) is 2.48. The highest BCUT2D eigenvalue weighted by atomic mass is 19.1. The number of hydrogen-bond donors (Lipinski definition) is 1. The maximum atomic E-state index is 13.9. The number of ether oxygens (including phenoxy) is 1. The van der Waals surface area contributed by atoms with Crippen LogP contribution >= 0.6 is 0 Å². The van der Waals surface area contributed by atoms with Gasteiger partial charge in [0.05, 0.1) is 5.69 Å². The van der Waals surface area contributed by atoms with Crippen molar-refractivity contribution in [2.45, 2.75) is 19.8 Å². The number of piperazine rings is 1. The van der Waals surface area contributed by atoms with E-state index < -0.39 is 5.82 Å². The van der Waals surface area contributed by atoms with Crippen LogP contribution in [0.4, 0.5) is 14.5 Å². The van der Waals surface area contributed by atoms with Crippen LogP contribution in [-0.2, 0) is 4.74 Å². The summed E-state index contributed by atoms with van der Waals surface area (Å²) in [6.45, 7) is 7.08. The SMILES string of the molecule is CCOCCCCNC(=NC)N1CCN(c2cc(F)ccc2F)CC1. The third-order valence-electron chi connectivity index (χ3n) is 4.24. The minimum atomic E-state index is -0.414. The van der Waals surface area contributed by atoms with Crippen LogP contribution < -0.4 is 10.2 Å². The predicted molar refractivity (Wildman–Crippen MR) is 97.2 cm³/mol. The molecule has 1 fully saturated rings. The van der Waals surface area contributed by atoms with E-state index in [1.54, 1.807) is 7.05 Å². The van der Waals surface area contributed by atoms with Crippen molar-refractivity contribution in [3.05, 3.63) is 29.8 Å². The summed E-state index contributed by atoms with van der Waals surface area (Å²) in [6.07, 6.45) is 2.04. The summed E-state index contributed by atoms with van der Waals surface area (Å²) in [7, 11) is 1.77. The molecule has 0 spiro atoms. The fraction of sp³-hybridized carbons (Fsp3) is 0.611. The number of hydrogen-bond acceptors (Lipinski definition) is 3. The van der Waals surface area contributed by atoms with Crippen molar-refractivity contribution < 1.29 is 13.5 Å². The summed E-state index contributed by atoms with van der Waals surface area (Å²) in [5.74, 6) is 0.0609. The first-order chi connectivity index (χ1) is 12.2. The molecule has 1 saturated heterocycles. The Labute approximate surface area is 148 Å². The highest BCUT2D eigenvalue weighted by Gasteiger charge is 2.21. The van der Waals surface area contributed by atoms with Gasteiger partial charge in [-0.25, -0.2) is 8.78 Å². The fourth-order valence-electron chi connectivity index (χ4n) is 2.89. The van der Waals surface area contributed by atoms with Gasteiger partial charge < -0.3 is 19.9 Å². The smallest absolute Gasteiger partial charge is 0.193 e. The third kappa shape index (κ3) is 5.85. The van der Waals surface area contributed by atoms with Crippen LogP contribution in [-0.4, -0.2) is 63.8 Å². The Morgan fingerprint density at radius 1 is 1.20 bits per heavy atom. The number of guanidine groups is 1. The van der Waals surface area contributed by atoms with Crippen molar-refractivity contribution >= 4 is 11.6 Å². The Hall–Kier alpha value is -1.89. The molecule has 1 N–H and O–H groups in total. The second kappa shape index (κ2) is 10.2. The maximum absolute atomic E-state index is 13.9. The average molecular weight is 354 g/mol. The normalized spacial score (nSPS) is 15.6. The summed E-state index contributed by atoms with van der Waals surface area (Å²) >= 11 is 0. The lowest BCUT2D eigenvalue weighted by atomic mass is 10.2. The Morgan fingerprint density at radius 2 is 1.96 bits per heavy atom. The first kappa shape index (κ1) is 19.4.